The number of carbonyl (C=O) groups is 1. The van der Waals surface area contributed by atoms with E-state index in [9.17, 15) is 4.79 Å². The Balaban J connectivity index is 1.98. The van der Waals surface area contributed by atoms with Gasteiger partial charge in [-0.25, -0.2) is 5.84 Å². The molecule has 0 fully saturated rings. The Labute approximate surface area is 133 Å². The largest absolute Gasteiger partial charge is 0.294 e. The minimum Gasteiger partial charge on any atom is -0.294 e. The molecule has 2 rings (SSSR count). The molecule has 110 valence electrons. The average molecular weight is 321 g/mol. The highest BCUT2D eigenvalue weighted by Gasteiger charge is 2.13. The highest BCUT2D eigenvalue weighted by molar-refractivity contribution is 7.98. The van der Waals surface area contributed by atoms with E-state index in [2.05, 4.69) is 5.43 Å². The zero-order valence-corrected chi connectivity index (χ0v) is 13.2. The van der Waals surface area contributed by atoms with Crippen molar-refractivity contribution in [3.63, 3.8) is 0 Å². The lowest BCUT2D eigenvalue weighted by Crippen LogP contribution is -2.33. The molecule has 3 nitrogen and oxygen atoms in total. The molecular weight excluding hydrogens is 304 g/mol. The predicted octanol–water partition coefficient (Wildman–Crippen LogP) is 3.73. The van der Waals surface area contributed by atoms with Crippen LogP contribution in [0.1, 0.15) is 24.0 Å². The van der Waals surface area contributed by atoms with Gasteiger partial charge in [-0.2, -0.15) is 0 Å². The Kier molecular flexibility index (Phi) is 5.67. The third kappa shape index (κ3) is 4.49. The normalized spacial score (nSPS) is 12.0. The fourth-order valence-corrected chi connectivity index (χ4v) is 3.07. The third-order valence-corrected chi connectivity index (χ3v) is 4.52. The SMILES string of the molecule is CC(C(=O)NN)c1ccc(CSc2cccc(Cl)c2)cc1. The first kappa shape index (κ1) is 15.9. The van der Waals surface area contributed by atoms with E-state index in [1.54, 1.807) is 11.8 Å². The van der Waals surface area contributed by atoms with E-state index in [0.717, 1.165) is 21.2 Å². The minimum atomic E-state index is -0.246. The molecule has 0 saturated carbocycles. The summed E-state index contributed by atoms with van der Waals surface area (Å²) in [5.41, 5.74) is 4.33. The number of amides is 1. The van der Waals surface area contributed by atoms with Crippen molar-refractivity contribution in [2.24, 2.45) is 5.84 Å². The number of thioether (sulfide) groups is 1. The number of hydrogen-bond acceptors (Lipinski definition) is 3. The van der Waals surface area contributed by atoms with Crippen LogP contribution in [0.4, 0.5) is 0 Å². The van der Waals surface area contributed by atoms with Crippen LogP contribution in [0.15, 0.2) is 53.4 Å². The minimum absolute atomic E-state index is 0.184. The van der Waals surface area contributed by atoms with Gasteiger partial charge in [-0.1, -0.05) is 41.9 Å². The lowest BCUT2D eigenvalue weighted by molar-refractivity contribution is -0.122. The van der Waals surface area contributed by atoms with E-state index >= 15 is 0 Å². The molecule has 0 aliphatic rings. The van der Waals surface area contributed by atoms with Gasteiger partial charge in [0.25, 0.3) is 0 Å². The van der Waals surface area contributed by atoms with E-state index in [4.69, 9.17) is 17.4 Å². The van der Waals surface area contributed by atoms with Crippen LogP contribution in [0, 0.1) is 0 Å². The lowest BCUT2D eigenvalue weighted by Gasteiger charge is -2.10. The summed E-state index contributed by atoms with van der Waals surface area (Å²) in [5.74, 6) is 5.58. The standard InChI is InChI=1S/C16H17ClN2OS/c1-11(16(20)19-18)13-7-5-12(6-8-13)10-21-15-4-2-3-14(17)9-15/h2-9,11H,10,18H2,1H3,(H,19,20). The second kappa shape index (κ2) is 7.50. The maximum atomic E-state index is 11.5. The van der Waals surface area contributed by atoms with Gasteiger partial charge in [0.1, 0.15) is 0 Å². The Morgan fingerprint density at radius 1 is 1.29 bits per heavy atom. The van der Waals surface area contributed by atoms with Crippen LogP contribution >= 0.6 is 23.4 Å². The van der Waals surface area contributed by atoms with Crippen molar-refractivity contribution in [2.45, 2.75) is 23.5 Å². The predicted molar refractivity (Wildman–Crippen MR) is 88.2 cm³/mol. The van der Waals surface area contributed by atoms with E-state index in [1.807, 2.05) is 55.5 Å². The third-order valence-electron chi connectivity index (χ3n) is 3.22. The average Bonchev–Trinajstić information content (AvgIpc) is 2.52. The Hall–Kier alpha value is -1.49. The number of hydrazine groups is 1. The van der Waals surface area contributed by atoms with Crippen molar-refractivity contribution in [3.05, 3.63) is 64.7 Å². The van der Waals surface area contributed by atoms with Crippen LogP contribution in [-0.4, -0.2) is 5.91 Å². The summed E-state index contributed by atoms with van der Waals surface area (Å²) in [6, 6.07) is 15.8. The van der Waals surface area contributed by atoms with Crippen LogP contribution < -0.4 is 11.3 Å². The highest BCUT2D eigenvalue weighted by atomic mass is 35.5. The molecule has 21 heavy (non-hydrogen) atoms. The molecule has 0 aliphatic heterocycles. The number of nitrogens with two attached hydrogens (primary N) is 1. The first-order valence-electron chi connectivity index (χ1n) is 6.58. The van der Waals surface area contributed by atoms with Gasteiger partial charge >= 0.3 is 0 Å². The van der Waals surface area contributed by atoms with E-state index in [1.165, 1.54) is 5.56 Å². The summed E-state index contributed by atoms with van der Waals surface area (Å²) >= 11 is 7.69. The number of nitrogens with one attached hydrogen (secondary N) is 1. The zero-order chi connectivity index (χ0) is 15.2. The molecular formula is C16H17ClN2OS. The molecule has 0 heterocycles. The van der Waals surface area contributed by atoms with Gasteiger partial charge in [0.2, 0.25) is 5.91 Å². The maximum Gasteiger partial charge on any atom is 0.241 e. The number of carbonyl (C=O) groups excluding carboxylic acids is 1. The van der Waals surface area contributed by atoms with Crippen molar-refractivity contribution >= 4 is 29.3 Å². The molecule has 0 aliphatic carbocycles. The fourth-order valence-electron chi connectivity index (χ4n) is 1.90. The molecule has 1 unspecified atom stereocenters. The van der Waals surface area contributed by atoms with Crippen molar-refractivity contribution in [3.8, 4) is 0 Å². The van der Waals surface area contributed by atoms with E-state index < -0.39 is 0 Å². The summed E-state index contributed by atoms with van der Waals surface area (Å²) in [6.45, 7) is 1.83. The Morgan fingerprint density at radius 3 is 2.62 bits per heavy atom. The zero-order valence-electron chi connectivity index (χ0n) is 11.7. The quantitative estimate of drug-likeness (QED) is 0.382. The Morgan fingerprint density at radius 2 is 2.00 bits per heavy atom. The van der Waals surface area contributed by atoms with Crippen molar-refractivity contribution in [2.75, 3.05) is 0 Å². The monoisotopic (exact) mass is 320 g/mol. The lowest BCUT2D eigenvalue weighted by atomic mass is 9.99. The molecule has 1 amide bonds. The fraction of sp³-hybridized carbons (Fsp3) is 0.188. The van der Waals surface area contributed by atoms with E-state index in [-0.39, 0.29) is 11.8 Å². The topological polar surface area (TPSA) is 55.1 Å². The summed E-state index contributed by atoms with van der Waals surface area (Å²) in [6.07, 6.45) is 0. The second-order valence-corrected chi connectivity index (χ2v) is 6.20. The van der Waals surface area contributed by atoms with Crippen LogP contribution in [0.5, 0.6) is 0 Å². The summed E-state index contributed by atoms with van der Waals surface area (Å²) in [4.78, 5) is 12.6. The van der Waals surface area contributed by atoms with Gasteiger partial charge in [0.15, 0.2) is 0 Å². The number of halogens is 1. The van der Waals surface area contributed by atoms with Crippen LogP contribution in [0.25, 0.3) is 0 Å². The summed E-state index contributed by atoms with van der Waals surface area (Å²) in [7, 11) is 0. The summed E-state index contributed by atoms with van der Waals surface area (Å²) < 4.78 is 0. The second-order valence-electron chi connectivity index (χ2n) is 4.72. The van der Waals surface area contributed by atoms with Crippen molar-refractivity contribution < 1.29 is 4.79 Å². The maximum absolute atomic E-state index is 11.5. The molecule has 5 heteroatoms. The molecule has 0 saturated heterocycles. The van der Waals surface area contributed by atoms with Crippen LogP contribution in [0.2, 0.25) is 5.02 Å². The van der Waals surface area contributed by atoms with Crippen LogP contribution in [0.3, 0.4) is 0 Å². The molecule has 3 N–H and O–H groups in total. The van der Waals surface area contributed by atoms with Gasteiger partial charge in [-0.05, 0) is 36.2 Å². The molecule has 1 atom stereocenters. The van der Waals surface area contributed by atoms with E-state index in [0.29, 0.717) is 0 Å². The number of benzene rings is 2. The van der Waals surface area contributed by atoms with Gasteiger partial charge < -0.3 is 0 Å². The Bertz CT molecular complexity index is 616. The molecule has 0 spiro atoms. The highest BCUT2D eigenvalue weighted by Crippen LogP contribution is 2.26. The van der Waals surface area contributed by atoms with Crippen LogP contribution in [-0.2, 0) is 10.5 Å². The molecule has 0 radical (unpaired) electrons. The first-order valence-corrected chi connectivity index (χ1v) is 7.94. The van der Waals surface area contributed by atoms with Gasteiger partial charge in [-0.15, -0.1) is 11.8 Å². The van der Waals surface area contributed by atoms with Gasteiger partial charge in [0.05, 0.1) is 5.92 Å². The molecule has 0 bridgehead atoms. The number of hydrogen-bond donors (Lipinski definition) is 2. The summed E-state index contributed by atoms with van der Waals surface area (Å²) in [5, 5.41) is 0.747. The molecule has 0 aromatic heterocycles. The molecule has 2 aromatic rings. The number of rotatable bonds is 5. The van der Waals surface area contributed by atoms with Crippen molar-refractivity contribution in [1.29, 1.82) is 0 Å². The molecule has 2 aromatic carbocycles. The van der Waals surface area contributed by atoms with Crippen molar-refractivity contribution in [1.82, 2.24) is 5.43 Å². The smallest absolute Gasteiger partial charge is 0.241 e. The van der Waals surface area contributed by atoms with Gasteiger partial charge in [0, 0.05) is 15.7 Å². The van der Waals surface area contributed by atoms with Gasteiger partial charge in [-0.3, -0.25) is 10.2 Å². The first-order chi connectivity index (χ1) is 10.1.